The third kappa shape index (κ3) is 7.30. The summed E-state index contributed by atoms with van der Waals surface area (Å²) in [6.07, 6.45) is 0.759. The van der Waals surface area contributed by atoms with E-state index >= 15 is 0 Å². The lowest BCUT2D eigenvalue weighted by atomic mass is 10.0. The van der Waals surface area contributed by atoms with Gasteiger partial charge in [-0.1, -0.05) is 84.7 Å². The molecule has 2 atom stereocenters. The van der Waals surface area contributed by atoms with Crippen LogP contribution in [0.5, 0.6) is 0 Å². The van der Waals surface area contributed by atoms with Crippen LogP contribution < -0.4 is 5.32 Å². The first kappa shape index (κ1) is 26.7. The number of halogens is 3. The third-order valence-corrected chi connectivity index (χ3v) is 6.68. The topological polar surface area (TPSA) is 49.4 Å². The minimum Gasteiger partial charge on any atom is -0.352 e. The summed E-state index contributed by atoms with van der Waals surface area (Å²) in [5.41, 5.74) is 1.69. The molecule has 0 bridgehead atoms. The summed E-state index contributed by atoms with van der Waals surface area (Å²) in [5.74, 6) is -1.26. The van der Waals surface area contributed by atoms with Crippen LogP contribution >= 0.6 is 23.2 Å². The molecule has 3 aromatic rings. The molecule has 0 saturated heterocycles. The van der Waals surface area contributed by atoms with Gasteiger partial charge in [0.2, 0.25) is 11.8 Å². The fourth-order valence-corrected chi connectivity index (χ4v) is 4.18. The second-order valence-corrected chi connectivity index (χ2v) is 9.33. The molecule has 0 fully saturated rings. The van der Waals surface area contributed by atoms with Gasteiger partial charge >= 0.3 is 0 Å². The Morgan fingerprint density at radius 3 is 2.26 bits per heavy atom. The summed E-state index contributed by atoms with van der Waals surface area (Å²) >= 11 is 12.6. The molecule has 0 aliphatic carbocycles. The van der Waals surface area contributed by atoms with E-state index in [0.29, 0.717) is 17.0 Å². The third-order valence-electron chi connectivity index (χ3n) is 5.96. The lowest BCUT2D eigenvalue weighted by Crippen LogP contribution is -2.52. The summed E-state index contributed by atoms with van der Waals surface area (Å²) in [7, 11) is 0. The highest BCUT2D eigenvalue weighted by Crippen LogP contribution is 2.24. The molecule has 184 valence electrons. The Hall–Kier alpha value is -2.89. The highest BCUT2D eigenvalue weighted by Gasteiger charge is 2.32. The second-order valence-electron chi connectivity index (χ2n) is 8.51. The van der Waals surface area contributed by atoms with Gasteiger partial charge in [0.05, 0.1) is 6.42 Å². The quantitative estimate of drug-likeness (QED) is 0.348. The summed E-state index contributed by atoms with van der Waals surface area (Å²) in [6, 6.07) is 20.1. The summed E-state index contributed by atoms with van der Waals surface area (Å²) in [5, 5.41) is 3.65. The molecule has 0 aromatic heterocycles. The van der Waals surface area contributed by atoms with Crippen LogP contribution in [-0.2, 0) is 29.0 Å². The number of nitrogens with one attached hydrogen (secondary N) is 1. The molecule has 0 unspecified atom stereocenters. The van der Waals surface area contributed by atoms with Crippen molar-refractivity contribution in [1.82, 2.24) is 10.2 Å². The summed E-state index contributed by atoms with van der Waals surface area (Å²) < 4.78 is 14.5. The Morgan fingerprint density at radius 2 is 1.60 bits per heavy atom. The molecule has 2 amide bonds. The molecule has 0 radical (unpaired) electrons. The maximum absolute atomic E-state index is 14.5. The van der Waals surface area contributed by atoms with Crippen LogP contribution in [0.2, 0.25) is 10.0 Å². The van der Waals surface area contributed by atoms with Crippen molar-refractivity contribution in [3.63, 3.8) is 0 Å². The normalized spacial score (nSPS) is 12.6. The molecule has 0 spiro atoms. The van der Waals surface area contributed by atoms with Gasteiger partial charge in [-0.25, -0.2) is 4.39 Å². The number of nitrogens with zero attached hydrogens (tertiary/aromatic N) is 1. The van der Waals surface area contributed by atoms with Gasteiger partial charge in [-0.3, -0.25) is 9.59 Å². The van der Waals surface area contributed by atoms with Gasteiger partial charge in [0.15, 0.2) is 0 Å². The van der Waals surface area contributed by atoms with Gasteiger partial charge < -0.3 is 10.2 Å². The van der Waals surface area contributed by atoms with Crippen LogP contribution in [0.25, 0.3) is 0 Å². The van der Waals surface area contributed by atoms with E-state index in [1.165, 1.54) is 17.0 Å². The van der Waals surface area contributed by atoms with Crippen LogP contribution in [0.3, 0.4) is 0 Å². The van der Waals surface area contributed by atoms with Crippen molar-refractivity contribution in [2.45, 2.75) is 51.7 Å². The number of carbonyl (C=O) groups excluding carboxylic acids is 2. The van der Waals surface area contributed by atoms with Crippen LogP contribution in [0.15, 0.2) is 72.8 Å². The number of benzene rings is 3. The monoisotopic (exact) mass is 514 g/mol. The maximum atomic E-state index is 14.5. The van der Waals surface area contributed by atoms with Crippen molar-refractivity contribution in [2.24, 2.45) is 0 Å². The average Bonchev–Trinajstić information content (AvgIpc) is 2.85. The van der Waals surface area contributed by atoms with E-state index in [1.807, 2.05) is 56.3 Å². The van der Waals surface area contributed by atoms with E-state index in [0.717, 1.165) is 12.0 Å². The van der Waals surface area contributed by atoms with Crippen LogP contribution in [0.4, 0.5) is 4.39 Å². The van der Waals surface area contributed by atoms with Crippen LogP contribution in [0.1, 0.15) is 37.0 Å². The molecule has 0 aliphatic heterocycles. The smallest absolute Gasteiger partial charge is 0.243 e. The number of hydrogen-bond donors (Lipinski definition) is 1. The molecular weight excluding hydrogens is 486 g/mol. The number of amides is 2. The highest BCUT2D eigenvalue weighted by atomic mass is 35.5. The molecule has 0 aliphatic rings. The lowest BCUT2D eigenvalue weighted by molar-refractivity contribution is -0.141. The van der Waals surface area contributed by atoms with Gasteiger partial charge in [-0.15, -0.1) is 0 Å². The van der Waals surface area contributed by atoms with Gasteiger partial charge in [0, 0.05) is 34.6 Å². The highest BCUT2D eigenvalue weighted by molar-refractivity contribution is 6.31. The minimum atomic E-state index is -0.833. The zero-order chi connectivity index (χ0) is 25.4. The predicted molar refractivity (Wildman–Crippen MR) is 139 cm³/mol. The van der Waals surface area contributed by atoms with Crippen molar-refractivity contribution < 1.29 is 14.0 Å². The fourth-order valence-electron chi connectivity index (χ4n) is 3.76. The Kier molecular flexibility index (Phi) is 9.70. The van der Waals surface area contributed by atoms with E-state index in [1.54, 1.807) is 18.2 Å². The van der Waals surface area contributed by atoms with Crippen molar-refractivity contribution in [2.75, 3.05) is 0 Å². The molecule has 4 nitrogen and oxygen atoms in total. The molecule has 3 aromatic carbocycles. The van der Waals surface area contributed by atoms with E-state index in [2.05, 4.69) is 5.32 Å². The first-order valence-corrected chi connectivity index (χ1v) is 12.4. The number of rotatable bonds is 10. The van der Waals surface area contributed by atoms with Crippen molar-refractivity contribution >= 4 is 35.0 Å². The van der Waals surface area contributed by atoms with Gasteiger partial charge in [0.1, 0.15) is 11.9 Å². The molecule has 7 heteroatoms. The zero-order valence-electron chi connectivity index (χ0n) is 19.8. The molecule has 0 heterocycles. The number of carbonyl (C=O) groups is 2. The predicted octanol–water partition coefficient (Wildman–Crippen LogP) is 6.23. The van der Waals surface area contributed by atoms with E-state index in [9.17, 15) is 14.0 Å². The number of hydrogen-bond acceptors (Lipinski definition) is 2. The average molecular weight is 515 g/mol. The van der Waals surface area contributed by atoms with Crippen molar-refractivity contribution in [1.29, 1.82) is 0 Å². The van der Waals surface area contributed by atoms with Crippen LogP contribution in [-0.4, -0.2) is 28.8 Å². The lowest BCUT2D eigenvalue weighted by Gasteiger charge is -2.32. The SMILES string of the molecule is CC[C@H](C)NC(=O)[C@H](Cc1ccccc1)N(Cc1ccccc1Cl)C(=O)Cc1c(F)cccc1Cl. The summed E-state index contributed by atoms with van der Waals surface area (Å²) in [6.45, 7) is 3.98. The second kappa shape index (κ2) is 12.7. The minimum absolute atomic E-state index is 0.0703. The van der Waals surface area contributed by atoms with E-state index in [4.69, 9.17) is 23.2 Å². The largest absolute Gasteiger partial charge is 0.352 e. The standard InChI is InChI=1S/C28H29Cl2FN2O2/c1-3-19(2)32-28(35)26(16-20-10-5-4-6-11-20)33(18-21-12-7-8-13-23(21)29)27(34)17-22-24(30)14-9-15-25(22)31/h4-15,19,26H,3,16-18H2,1-2H3,(H,32,35)/t19-,26-/m0/s1. The first-order valence-electron chi connectivity index (χ1n) is 11.6. The molecule has 0 saturated carbocycles. The molecule has 35 heavy (non-hydrogen) atoms. The Balaban J connectivity index is 2.02. The summed E-state index contributed by atoms with van der Waals surface area (Å²) in [4.78, 5) is 28.7. The Morgan fingerprint density at radius 1 is 0.943 bits per heavy atom. The van der Waals surface area contributed by atoms with Gasteiger partial charge in [0.25, 0.3) is 0 Å². The molecular formula is C28H29Cl2FN2O2. The van der Waals surface area contributed by atoms with Crippen molar-refractivity contribution in [3.05, 3.63) is 105 Å². The first-order chi connectivity index (χ1) is 16.8. The van der Waals surface area contributed by atoms with Crippen molar-refractivity contribution in [3.8, 4) is 0 Å². The Bertz CT molecular complexity index is 1140. The van der Waals surface area contributed by atoms with Crippen LogP contribution in [0, 0.1) is 5.82 Å². The van der Waals surface area contributed by atoms with E-state index < -0.39 is 17.8 Å². The molecule has 3 rings (SSSR count). The van der Waals surface area contributed by atoms with Gasteiger partial charge in [-0.2, -0.15) is 0 Å². The van der Waals surface area contributed by atoms with Gasteiger partial charge in [-0.05, 0) is 42.7 Å². The maximum Gasteiger partial charge on any atom is 0.243 e. The Labute approximate surface area is 216 Å². The zero-order valence-corrected chi connectivity index (χ0v) is 21.3. The molecule has 1 N–H and O–H groups in total. The fraction of sp³-hybridized carbons (Fsp3) is 0.286. The van der Waals surface area contributed by atoms with E-state index in [-0.39, 0.29) is 35.5 Å².